The van der Waals surface area contributed by atoms with E-state index in [-0.39, 0.29) is 0 Å². The summed E-state index contributed by atoms with van der Waals surface area (Å²) < 4.78 is 0. The largest absolute Gasteiger partial charge is 0.361 e. The number of hydrogen-bond donors (Lipinski definition) is 1. The van der Waals surface area contributed by atoms with Crippen LogP contribution in [0.15, 0.2) is 30.5 Å². The van der Waals surface area contributed by atoms with Crippen LogP contribution in [0, 0.1) is 11.8 Å². The number of nitrogens with one attached hydrogen (secondary N) is 1. The van der Waals surface area contributed by atoms with Crippen LogP contribution in [-0.2, 0) is 0 Å². The molecule has 2 fully saturated rings. The first-order valence-corrected chi connectivity index (χ1v) is 9.58. The normalized spacial score (nSPS) is 27.0. The SMILES string of the molecule is C[C@H]1CC[C@H](CCN2CCC(c3c[nH]c4ccccc34)CC2)C1. The Labute approximate surface area is 140 Å². The molecular formula is C21H30N2. The average Bonchev–Trinajstić information content (AvgIpc) is 3.20. The molecule has 0 bridgehead atoms. The number of fused-ring (bicyclic) bond motifs is 1. The van der Waals surface area contributed by atoms with Gasteiger partial charge in [-0.2, -0.15) is 0 Å². The van der Waals surface area contributed by atoms with Crippen LogP contribution >= 0.6 is 0 Å². The highest BCUT2D eigenvalue weighted by Gasteiger charge is 2.25. The number of aromatic nitrogens is 1. The van der Waals surface area contributed by atoms with Gasteiger partial charge in [0.2, 0.25) is 0 Å². The summed E-state index contributed by atoms with van der Waals surface area (Å²) in [7, 11) is 0. The highest BCUT2D eigenvalue weighted by Crippen LogP contribution is 2.35. The van der Waals surface area contributed by atoms with Crippen molar-refractivity contribution in [2.45, 2.75) is 51.4 Å². The lowest BCUT2D eigenvalue weighted by Gasteiger charge is -2.32. The number of benzene rings is 1. The Hall–Kier alpha value is -1.28. The van der Waals surface area contributed by atoms with Gasteiger partial charge < -0.3 is 9.88 Å². The van der Waals surface area contributed by atoms with Gasteiger partial charge in [0.05, 0.1) is 0 Å². The Kier molecular flexibility index (Phi) is 4.43. The number of likely N-dealkylation sites (tertiary alicyclic amines) is 1. The summed E-state index contributed by atoms with van der Waals surface area (Å²) in [6.07, 6.45) is 10.8. The van der Waals surface area contributed by atoms with Crippen LogP contribution in [0.1, 0.15) is 56.9 Å². The van der Waals surface area contributed by atoms with Gasteiger partial charge in [-0.3, -0.25) is 0 Å². The van der Waals surface area contributed by atoms with Gasteiger partial charge in [-0.1, -0.05) is 38.0 Å². The van der Waals surface area contributed by atoms with E-state index in [0.29, 0.717) is 0 Å². The number of piperidine rings is 1. The fraction of sp³-hybridized carbons (Fsp3) is 0.619. The predicted octanol–water partition coefficient (Wildman–Crippen LogP) is 5.17. The molecule has 23 heavy (non-hydrogen) atoms. The lowest BCUT2D eigenvalue weighted by molar-refractivity contribution is 0.199. The molecule has 4 rings (SSSR count). The molecule has 2 heterocycles. The van der Waals surface area contributed by atoms with Gasteiger partial charge in [0, 0.05) is 17.1 Å². The van der Waals surface area contributed by atoms with E-state index in [4.69, 9.17) is 0 Å². The van der Waals surface area contributed by atoms with Crippen LogP contribution in [-0.4, -0.2) is 29.5 Å². The second-order valence-electron chi connectivity index (χ2n) is 7.98. The van der Waals surface area contributed by atoms with Crippen LogP contribution in [0.3, 0.4) is 0 Å². The van der Waals surface area contributed by atoms with Crippen molar-refractivity contribution >= 4 is 10.9 Å². The molecule has 2 atom stereocenters. The molecule has 2 nitrogen and oxygen atoms in total. The van der Waals surface area contributed by atoms with Gasteiger partial charge >= 0.3 is 0 Å². The quantitative estimate of drug-likeness (QED) is 0.825. The second kappa shape index (κ2) is 6.68. The van der Waals surface area contributed by atoms with Crippen molar-refractivity contribution in [3.63, 3.8) is 0 Å². The topological polar surface area (TPSA) is 19.0 Å². The zero-order chi connectivity index (χ0) is 15.6. The fourth-order valence-electron chi connectivity index (χ4n) is 4.85. The second-order valence-corrected chi connectivity index (χ2v) is 7.98. The molecule has 1 aliphatic carbocycles. The van der Waals surface area contributed by atoms with Crippen LogP contribution in [0.2, 0.25) is 0 Å². The van der Waals surface area contributed by atoms with E-state index in [1.807, 2.05) is 0 Å². The molecule has 2 aliphatic rings. The molecule has 2 heteroatoms. The minimum absolute atomic E-state index is 0.744. The van der Waals surface area contributed by atoms with Gasteiger partial charge in [-0.25, -0.2) is 0 Å². The Bertz CT molecular complexity index is 636. The summed E-state index contributed by atoms with van der Waals surface area (Å²) in [5.74, 6) is 2.73. The zero-order valence-corrected chi connectivity index (χ0v) is 14.4. The number of para-hydroxylation sites is 1. The van der Waals surface area contributed by atoms with Crippen LogP contribution < -0.4 is 0 Å². The van der Waals surface area contributed by atoms with Gasteiger partial charge in [-0.05, 0) is 74.7 Å². The van der Waals surface area contributed by atoms with E-state index in [2.05, 4.69) is 47.3 Å². The Morgan fingerprint density at radius 1 is 1.09 bits per heavy atom. The van der Waals surface area contributed by atoms with Crippen molar-refractivity contribution in [2.24, 2.45) is 11.8 Å². The summed E-state index contributed by atoms with van der Waals surface area (Å²) in [5.41, 5.74) is 2.84. The minimum Gasteiger partial charge on any atom is -0.361 e. The summed E-state index contributed by atoms with van der Waals surface area (Å²) in [4.78, 5) is 6.17. The molecular weight excluding hydrogens is 280 g/mol. The monoisotopic (exact) mass is 310 g/mol. The Balaban J connectivity index is 1.30. The lowest BCUT2D eigenvalue weighted by Crippen LogP contribution is -2.34. The third-order valence-electron chi connectivity index (χ3n) is 6.31. The molecule has 124 valence electrons. The molecule has 1 saturated heterocycles. The first-order chi connectivity index (χ1) is 11.3. The molecule has 0 spiro atoms. The average molecular weight is 310 g/mol. The molecule has 1 aromatic heterocycles. The van der Waals surface area contributed by atoms with E-state index in [0.717, 1.165) is 17.8 Å². The third kappa shape index (κ3) is 3.33. The van der Waals surface area contributed by atoms with E-state index < -0.39 is 0 Å². The van der Waals surface area contributed by atoms with E-state index >= 15 is 0 Å². The van der Waals surface area contributed by atoms with Crippen molar-refractivity contribution < 1.29 is 0 Å². The van der Waals surface area contributed by atoms with E-state index in [1.165, 1.54) is 69.1 Å². The molecule has 1 N–H and O–H groups in total. The van der Waals surface area contributed by atoms with Crippen molar-refractivity contribution in [2.75, 3.05) is 19.6 Å². The highest BCUT2D eigenvalue weighted by molar-refractivity contribution is 5.83. The van der Waals surface area contributed by atoms with Gasteiger partial charge in [0.15, 0.2) is 0 Å². The zero-order valence-electron chi connectivity index (χ0n) is 14.4. The third-order valence-corrected chi connectivity index (χ3v) is 6.31. The summed E-state index contributed by atoms with van der Waals surface area (Å²) >= 11 is 0. The smallest absolute Gasteiger partial charge is 0.0456 e. The molecule has 0 radical (unpaired) electrons. The van der Waals surface area contributed by atoms with Crippen LogP contribution in [0.4, 0.5) is 0 Å². The summed E-state index contributed by atoms with van der Waals surface area (Å²) in [6.45, 7) is 6.32. The molecule has 1 aromatic carbocycles. The number of hydrogen-bond acceptors (Lipinski definition) is 1. The van der Waals surface area contributed by atoms with Gasteiger partial charge in [-0.15, -0.1) is 0 Å². The summed E-state index contributed by atoms with van der Waals surface area (Å²) in [5, 5.41) is 1.44. The molecule has 1 saturated carbocycles. The lowest BCUT2D eigenvalue weighted by atomic mass is 9.89. The number of aromatic amines is 1. The van der Waals surface area contributed by atoms with Crippen LogP contribution in [0.5, 0.6) is 0 Å². The van der Waals surface area contributed by atoms with E-state index in [1.54, 1.807) is 5.56 Å². The maximum Gasteiger partial charge on any atom is 0.0456 e. The maximum atomic E-state index is 3.45. The first-order valence-electron chi connectivity index (χ1n) is 9.58. The fourth-order valence-corrected chi connectivity index (χ4v) is 4.85. The van der Waals surface area contributed by atoms with Crippen LogP contribution in [0.25, 0.3) is 10.9 Å². The van der Waals surface area contributed by atoms with Crippen molar-refractivity contribution in [1.29, 1.82) is 0 Å². The van der Waals surface area contributed by atoms with Gasteiger partial charge in [0.1, 0.15) is 0 Å². The number of rotatable bonds is 4. The standard InChI is InChI=1S/C21H30N2/c1-16-6-7-17(14-16)8-11-23-12-9-18(10-13-23)20-15-22-21-5-3-2-4-19(20)21/h2-5,15-18,22H,6-14H2,1H3/t16-,17+/m0/s1. The maximum absolute atomic E-state index is 3.45. The minimum atomic E-state index is 0.744. The molecule has 0 amide bonds. The Morgan fingerprint density at radius 2 is 1.91 bits per heavy atom. The van der Waals surface area contributed by atoms with E-state index in [9.17, 15) is 0 Å². The van der Waals surface area contributed by atoms with Gasteiger partial charge in [0.25, 0.3) is 0 Å². The summed E-state index contributed by atoms with van der Waals surface area (Å²) in [6, 6.07) is 8.75. The number of nitrogens with zero attached hydrogens (tertiary/aromatic N) is 1. The molecule has 2 aromatic rings. The van der Waals surface area contributed by atoms with Crippen molar-refractivity contribution in [1.82, 2.24) is 9.88 Å². The van der Waals surface area contributed by atoms with Crippen molar-refractivity contribution in [3.05, 3.63) is 36.0 Å². The number of H-pyrrole nitrogens is 1. The predicted molar refractivity (Wildman–Crippen MR) is 97.8 cm³/mol. The Morgan fingerprint density at radius 3 is 2.70 bits per heavy atom. The first kappa shape index (κ1) is 15.3. The highest BCUT2D eigenvalue weighted by atomic mass is 15.1. The molecule has 0 unspecified atom stereocenters. The van der Waals surface area contributed by atoms with Crippen molar-refractivity contribution in [3.8, 4) is 0 Å². The molecule has 1 aliphatic heterocycles.